The van der Waals surface area contributed by atoms with Gasteiger partial charge in [0, 0.05) is 19.7 Å². The summed E-state index contributed by atoms with van der Waals surface area (Å²) >= 11 is 0. The van der Waals surface area contributed by atoms with Gasteiger partial charge in [-0.2, -0.15) is 0 Å². The van der Waals surface area contributed by atoms with Gasteiger partial charge >= 0.3 is 6.09 Å². The second-order valence-corrected chi connectivity index (χ2v) is 5.12. The number of aliphatic hydroxyl groups is 1. The predicted molar refractivity (Wildman–Crippen MR) is 57.6 cm³/mol. The Hall–Kier alpha value is -0.770. The Kier molecular flexibility index (Phi) is 3.97. The van der Waals surface area contributed by atoms with E-state index in [9.17, 15) is 4.79 Å². The highest BCUT2D eigenvalue weighted by Gasteiger charge is 2.32. The number of carbonyl (C=O) groups is 1. The molecular formula is C11H21NO3. The Morgan fingerprint density at radius 3 is 2.53 bits per heavy atom. The molecule has 4 heteroatoms. The number of rotatable bonds is 3. The quantitative estimate of drug-likeness (QED) is 0.778. The molecule has 1 rings (SSSR count). The highest BCUT2D eigenvalue weighted by molar-refractivity contribution is 5.69. The van der Waals surface area contributed by atoms with Crippen molar-refractivity contribution in [2.45, 2.75) is 39.2 Å². The van der Waals surface area contributed by atoms with Gasteiger partial charge in [0.05, 0.1) is 0 Å². The molecule has 1 amide bonds. The molecule has 88 valence electrons. The van der Waals surface area contributed by atoms with Gasteiger partial charge in [0.1, 0.15) is 5.60 Å². The maximum atomic E-state index is 11.5. The lowest BCUT2D eigenvalue weighted by Crippen LogP contribution is -2.51. The average molecular weight is 215 g/mol. The SMILES string of the molecule is CC(C)(C)OC(=O)N1CC(CCCO)C1. The molecular weight excluding hydrogens is 194 g/mol. The molecule has 0 atom stereocenters. The molecule has 0 saturated carbocycles. The second-order valence-electron chi connectivity index (χ2n) is 5.12. The third kappa shape index (κ3) is 4.08. The Balaban J connectivity index is 2.18. The molecule has 0 radical (unpaired) electrons. The molecule has 0 spiro atoms. The first kappa shape index (κ1) is 12.3. The minimum atomic E-state index is -0.409. The molecule has 1 N–H and O–H groups in total. The zero-order valence-corrected chi connectivity index (χ0v) is 9.82. The fourth-order valence-corrected chi connectivity index (χ4v) is 1.61. The van der Waals surface area contributed by atoms with Crippen LogP contribution in [0.3, 0.4) is 0 Å². The summed E-state index contributed by atoms with van der Waals surface area (Å²) < 4.78 is 5.23. The van der Waals surface area contributed by atoms with Gasteiger partial charge in [-0.15, -0.1) is 0 Å². The number of hydrogen-bond acceptors (Lipinski definition) is 3. The standard InChI is InChI=1S/C11H21NO3/c1-11(2,3)15-10(14)12-7-9(8-12)5-4-6-13/h9,13H,4-8H2,1-3H3. The van der Waals surface area contributed by atoms with Crippen molar-refractivity contribution < 1.29 is 14.6 Å². The predicted octanol–water partition coefficient (Wildman–Crippen LogP) is 1.63. The lowest BCUT2D eigenvalue weighted by molar-refractivity contribution is -0.00282. The first-order chi connectivity index (χ1) is 6.92. The first-order valence-corrected chi connectivity index (χ1v) is 5.51. The van der Waals surface area contributed by atoms with Crippen LogP contribution in [0.4, 0.5) is 4.79 Å². The maximum absolute atomic E-state index is 11.5. The Bertz CT molecular complexity index is 216. The van der Waals surface area contributed by atoms with Crippen molar-refractivity contribution in [3.05, 3.63) is 0 Å². The van der Waals surface area contributed by atoms with E-state index in [1.807, 2.05) is 20.8 Å². The topological polar surface area (TPSA) is 49.8 Å². The fraction of sp³-hybridized carbons (Fsp3) is 0.909. The Labute approximate surface area is 91.2 Å². The fourth-order valence-electron chi connectivity index (χ4n) is 1.61. The summed E-state index contributed by atoms with van der Waals surface area (Å²) in [5.74, 6) is 0.546. The van der Waals surface area contributed by atoms with Gasteiger partial charge in [-0.3, -0.25) is 0 Å². The van der Waals surface area contributed by atoms with Crippen LogP contribution in [-0.2, 0) is 4.74 Å². The van der Waals surface area contributed by atoms with E-state index in [4.69, 9.17) is 9.84 Å². The van der Waals surface area contributed by atoms with E-state index in [0.717, 1.165) is 25.9 Å². The van der Waals surface area contributed by atoms with Crippen molar-refractivity contribution in [1.82, 2.24) is 4.90 Å². The van der Waals surface area contributed by atoms with Crippen molar-refractivity contribution in [1.29, 1.82) is 0 Å². The van der Waals surface area contributed by atoms with Crippen molar-refractivity contribution >= 4 is 6.09 Å². The number of nitrogens with zero attached hydrogens (tertiary/aromatic N) is 1. The molecule has 0 aromatic carbocycles. The molecule has 0 unspecified atom stereocenters. The molecule has 1 aliphatic heterocycles. The zero-order chi connectivity index (χ0) is 11.5. The van der Waals surface area contributed by atoms with Crippen LogP contribution in [-0.4, -0.2) is 41.4 Å². The van der Waals surface area contributed by atoms with Gasteiger partial charge in [-0.25, -0.2) is 4.79 Å². The number of hydrogen-bond donors (Lipinski definition) is 1. The van der Waals surface area contributed by atoms with E-state index in [0.29, 0.717) is 5.92 Å². The molecule has 1 heterocycles. The molecule has 0 aliphatic carbocycles. The van der Waals surface area contributed by atoms with Crippen LogP contribution in [0.1, 0.15) is 33.6 Å². The maximum Gasteiger partial charge on any atom is 0.410 e. The van der Waals surface area contributed by atoms with Crippen LogP contribution in [0.25, 0.3) is 0 Å². The van der Waals surface area contributed by atoms with Crippen LogP contribution in [0.2, 0.25) is 0 Å². The largest absolute Gasteiger partial charge is 0.444 e. The number of likely N-dealkylation sites (tertiary alicyclic amines) is 1. The molecule has 0 aromatic heterocycles. The number of amides is 1. The molecule has 1 fully saturated rings. The lowest BCUT2D eigenvalue weighted by Gasteiger charge is -2.39. The van der Waals surface area contributed by atoms with E-state index in [-0.39, 0.29) is 12.7 Å². The minimum Gasteiger partial charge on any atom is -0.444 e. The van der Waals surface area contributed by atoms with E-state index in [1.54, 1.807) is 4.90 Å². The summed E-state index contributed by atoms with van der Waals surface area (Å²) in [6.45, 7) is 7.39. The second kappa shape index (κ2) is 4.84. The number of aliphatic hydroxyl groups excluding tert-OH is 1. The molecule has 0 aromatic rings. The molecule has 15 heavy (non-hydrogen) atoms. The highest BCUT2D eigenvalue weighted by atomic mass is 16.6. The van der Waals surface area contributed by atoms with Crippen LogP contribution in [0.15, 0.2) is 0 Å². The van der Waals surface area contributed by atoms with Crippen LogP contribution < -0.4 is 0 Å². The first-order valence-electron chi connectivity index (χ1n) is 5.51. The highest BCUT2D eigenvalue weighted by Crippen LogP contribution is 2.22. The van der Waals surface area contributed by atoms with Crippen molar-refractivity contribution in [3.8, 4) is 0 Å². The van der Waals surface area contributed by atoms with Gasteiger partial charge in [-0.05, 0) is 39.5 Å². The van der Waals surface area contributed by atoms with E-state index >= 15 is 0 Å². The number of carbonyl (C=O) groups excluding carboxylic acids is 1. The van der Waals surface area contributed by atoms with Crippen molar-refractivity contribution in [2.24, 2.45) is 5.92 Å². The van der Waals surface area contributed by atoms with Crippen molar-refractivity contribution in [2.75, 3.05) is 19.7 Å². The summed E-state index contributed by atoms with van der Waals surface area (Å²) in [6, 6.07) is 0. The Morgan fingerprint density at radius 2 is 2.07 bits per heavy atom. The normalized spacial score (nSPS) is 17.5. The summed E-state index contributed by atoms with van der Waals surface area (Å²) in [5.41, 5.74) is -0.409. The van der Waals surface area contributed by atoms with E-state index in [1.165, 1.54) is 0 Å². The summed E-state index contributed by atoms with van der Waals surface area (Å²) in [5, 5.41) is 8.66. The van der Waals surface area contributed by atoms with Crippen LogP contribution in [0, 0.1) is 5.92 Å². The Morgan fingerprint density at radius 1 is 1.47 bits per heavy atom. The summed E-state index contributed by atoms with van der Waals surface area (Å²) in [7, 11) is 0. The van der Waals surface area contributed by atoms with Crippen LogP contribution >= 0.6 is 0 Å². The summed E-state index contributed by atoms with van der Waals surface area (Å²) in [4.78, 5) is 13.2. The molecule has 1 aliphatic rings. The number of ether oxygens (including phenoxy) is 1. The molecule has 0 bridgehead atoms. The minimum absolute atomic E-state index is 0.220. The van der Waals surface area contributed by atoms with Gasteiger partial charge in [0.2, 0.25) is 0 Å². The van der Waals surface area contributed by atoms with Gasteiger partial charge in [-0.1, -0.05) is 0 Å². The zero-order valence-electron chi connectivity index (χ0n) is 9.82. The van der Waals surface area contributed by atoms with E-state index < -0.39 is 5.60 Å². The van der Waals surface area contributed by atoms with Crippen molar-refractivity contribution in [3.63, 3.8) is 0 Å². The van der Waals surface area contributed by atoms with Crippen LogP contribution in [0.5, 0.6) is 0 Å². The lowest BCUT2D eigenvalue weighted by atomic mass is 9.95. The molecule has 1 saturated heterocycles. The smallest absolute Gasteiger partial charge is 0.410 e. The molecule has 4 nitrogen and oxygen atoms in total. The van der Waals surface area contributed by atoms with E-state index in [2.05, 4.69) is 0 Å². The third-order valence-electron chi connectivity index (χ3n) is 2.38. The average Bonchev–Trinajstić information content (AvgIpc) is 1.98. The van der Waals surface area contributed by atoms with Gasteiger partial charge < -0.3 is 14.7 Å². The monoisotopic (exact) mass is 215 g/mol. The summed E-state index contributed by atoms with van der Waals surface area (Å²) in [6.07, 6.45) is 1.60. The third-order valence-corrected chi connectivity index (χ3v) is 2.38. The van der Waals surface area contributed by atoms with Gasteiger partial charge in [0.15, 0.2) is 0 Å². The van der Waals surface area contributed by atoms with Gasteiger partial charge in [0.25, 0.3) is 0 Å².